The summed E-state index contributed by atoms with van der Waals surface area (Å²) in [5, 5.41) is 0.733. The van der Waals surface area contributed by atoms with E-state index < -0.39 is 0 Å². The quantitative estimate of drug-likeness (QED) is 0.794. The van der Waals surface area contributed by atoms with Gasteiger partial charge in [0, 0.05) is 18.8 Å². The van der Waals surface area contributed by atoms with Crippen molar-refractivity contribution in [3.63, 3.8) is 0 Å². The molecule has 0 heterocycles. The van der Waals surface area contributed by atoms with E-state index in [0.29, 0.717) is 5.69 Å². The zero-order valence-corrected chi connectivity index (χ0v) is 11.7. The van der Waals surface area contributed by atoms with Crippen LogP contribution in [0, 0.1) is 0 Å². The monoisotopic (exact) mass is 255 g/mol. The lowest BCUT2D eigenvalue weighted by Gasteiger charge is -2.25. The molecule has 0 amide bonds. The van der Waals surface area contributed by atoms with Crippen molar-refractivity contribution in [2.24, 2.45) is 0 Å². The number of hydrogen-bond donors (Lipinski definition) is 1. The molecule has 1 aromatic carbocycles. The number of nitrogen functional groups attached to an aromatic ring is 1. The summed E-state index contributed by atoms with van der Waals surface area (Å²) in [5.74, 6) is 0. The van der Waals surface area contributed by atoms with Crippen LogP contribution in [0.4, 0.5) is 11.4 Å². The summed E-state index contributed by atoms with van der Waals surface area (Å²) < 4.78 is 0. The van der Waals surface area contributed by atoms with Gasteiger partial charge >= 0.3 is 0 Å². The Morgan fingerprint density at radius 2 is 1.94 bits per heavy atom. The lowest BCUT2D eigenvalue weighted by atomic mass is 10.2. The van der Waals surface area contributed by atoms with Crippen LogP contribution in [0.3, 0.4) is 0 Å². The fourth-order valence-electron chi connectivity index (χ4n) is 1.81. The third-order valence-corrected chi connectivity index (χ3v) is 3.03. The van der Waals surface area contributed by atoms with Crippen molar-refractivity contribution in [1.29, 1.82) is 0 Å². The summed E-state index contributed by atoms with van der Waals surface area (Å²) in [6.07, 6.45) is 1.13. The predicted molar refractivity (Wildman–Crippen MR) is 76.9 cm³/mol. The number of benzene rings is 1. The Balaban J connectivity index is 2.66. The summed E-state index contributed by atoms with van der Waals surface area (Å²) in [7, 11) is 4.18. The Morgan fingerprint density at radius 1 is 1.24 bits per heavy atom. The minimum atomic E-state index is 0.711. The highest BCUT2D eigenvalue weighted by Crippen LogP contribution is 2.27. The van der Waals surface area contributed by atoms with Crippen LogP contribution < -0.4 is 10.6 Å². The smallest absolute Gasteiger partial charge is 0.0660 e. The molecule has 17 heavy (non-hydrogen) atoms. The molecule has 96 valence electrons. The van der Waals surface area contributed by atoms with E-state index in [1.807, 2.05) is 18.2 Å². The molecule has 0 aliphatic heterocycles. The van der Waals surface area contributed by atoms with Crippen molar-refractivity contribution >= 4 is 23.0 Å². The first-order valence-corrected chi connectivity index (χ1v) is 6.37. The molecule has 4 heteroatoms. The summed E-state index contributed by atoms with van der Waals surface area (Å²) in [6, 6.07) is 5.71. The summed E-state index contributed by atoms with van der Waals surface area (Å²) >= 11 is 6.21. The Bertz CT molecular complexity index is 353. The molecule has 0 unspecified atom stereocenters. The maximum Gasteiger partial charge on any atom is 0.0660 e. The molecule has 0 saturated carbocycles. The fourth-order valence-corrected chi connectivity index (χ4v) is 2.11. The second-order valence-corrected chi connectivity index (χ2v) is 4.85. The van der Waals surface area contributed by atoms with Gasteiger partial charge < -0.3 is 15.5 Å². The van der Waals surface area contributed by atoms with Crippen LogP contribution in [0.5, 0.6) is 0 Å². The van der Waals surface area contributed by atoms with Crippen LogP contribution >= 0.6 is 11.6 Å². The average molecular weight is 256 g/mol. The number of rotatable bonds is 6. The third-order valence-electron chi connectivity index (χ3n) is 2.73. The molecule has 0 radical (unpaired) electrons. The predicted octanol–water partition coefficient (Wildman–Crippen LogP) is 2.70. The van der Waals surface area contributed by atoms with Gasteiger partial charge in [-0.15, -0.1) is 0 Å². The Kier molecular flexibility index (Phi) is 5.59. The van der Waals surface area contributed by atoms with Crippen molar-refractivity contribution in [3.8, 4) is 0 Å². The Hall–Kier alpha value is -0.930. The zero-order valence-electron chi connectivity index (χ0n) is 10.9. The van der Waals surface area contributed by atoms with E-state index in [1.54, 1.807) is 0 Å². The lowest BCUT2D eigenvalue weighted by Crippen LogP contribution is -2.27. The highest BCUT2D eigenvalue weighted by Gasteiger charge is 2.08. The zero-order chi connectivity index (χ0) is 12.8. The van der Waals surface area contributed by atoms with Crippen LogP contribution in [0.1, 0.15) is 13.3 Å². The van der Waals surface area contributed by atoms with Crippen molar-refractivity contribution < 1.29 is 0 Å². The van der Waals surface area contributed by atoms with Gasteiger partial charge in [0.05, 0.1) is 10.7 Å². The molecule has 0 aromatic heterocycles. The molecule has 0 aliphatic rings. The van der Waals surface area contributed by atoms with Crippen LogP contribution in [-0.2, 0) is 0 Å². The first kappa shape index (κ1) is 14.1. The first-order chi connectivity index (χ1) is 8.04. The third kappa shape index (κ3) is 4.44. The standard InChI is InChI=1S/C13H22ClN3/c1-4-17(9-5-8-16(2)3)13-7-6-11(15)10-12(13)14/h6-7,10H,4-5,8-9,15H2,1-3H3. The summed E-state index contributed by atoms with van der Waals surface area (Å²) in [6.45, 7) is 5.20. The van der Waals surface area contributed by atoms with Crippen molar-refractivity contribution in [2.45, 2.75) is 13.3 Å². The second kappa shape index (κ2) is 6.72. The molecule has 3 nitrogen and oxygen atoms in total. The van der Waals surface area contributed by atoms with Crippen LogP contribution in [0.25, 0.3) is 0 Å². The van der Waals surface area contributed by atoms with Crippen molar-refractivity contribution in [1.82, 2.24) is 4.90 Å². The molecular weight excluding hydrogens is 234 g/mol. The van der Waals surface area contributed by atoms with E-state index in [1.165, 1.54) is 0 Å². The topological polar surface area (TPSA) is 32.5 Å². The van der Waals surface area contributed by atoms with Gasteiger partial charge in [0.15, 0.2) is 0 Å². The minimum absolute atomic E-state index is 0.711. The second-order valence-electron chi connectivity index (χ2n) is 4.45. The van der Waals surface area contributed by atoms with Gasteiger partial charge in [-0.2, -0.15) is 0 Å². The van der Waals surface area contributed by atoms with Crippen LogP contribution in [-0.4, -0.2) is 38.6 Å². The number of nitrogens with zero attached hydrogens (tertiary/aromatic N) is 2. The number of anilines is 2. The molecular formula is C13H22ClN3. The molecule has 0 saturated heterocycles. The fraction of sp³-hybridized carbons (Fsp3) is 0.538. The largest absolute Gasteiger partial charge is 0.399 e. The van der Waals surface area contributed by atoms with Gasteiger partial charge in [-0.05, 0) is 52.2 Å². The van der Waals surface area contributed by atoms with Crippen LogP contribution in [0.2, 0.25) is 5.02 Å². The highest BCUT2D eigenvalue weighted by atomic mass is 35.5. The van der Waals surface area contributed by atoms with Crippen molar-refractivity contribution in [3.05, 3.63) is 23.2 Å². The molecule has 0 atom stereocenters. The number of nitrogens with two attached hydrogens (primary N) is 1. The van der Waals surface area contributed by atoms with E-state index >= 15 is 0 Å². The normalized spacial score (nSPS) is 10.9. The van der Waals surface area contributed by atoms with Gasteiger partial charge in [0.2, 0.25) is 0 Å². The highest BCUT2D eigenvalue weighted by molar-refractivity contribution is 6.33. The Morgan fingerprint density at radius 3 is 2.47 bits per heavy atom. The maximum atomic E-state index is 6.21. The number of halogens is 1. The molecule has 0 bridgehead atoms. The van der Waals surface area contributed by atoms with E-state index in [4.69, 9.17) is 17.3 Å². The molecule has 0 spiro atoms. The summed E-state index contributed by atoms with van der Waals surface area (Å²) in [4.78, 5) is 4.48. The minimum Gasteiger partial charge on any atom is -0.399 e. The van der Waals surface area contributed by atoms with E-state index in [9.17, 15) is 0 Å². The van der Waals surface area contributed by atoms with Gasteiger partial charge in [0.25, 0.3) is 0 Å². The first-order valence-electron chi connectivity index (χ1n) is 5.99. The SMILES string of the molecule is CCN(CCCN(C)C)c1ccc(N)cc1Cl. The lowest BCUT2D eigenvalue weighted by molar-refractivity contribution is 0.400. The van der Waals surface area contributed by atoms with E-state index in [0.717, 1.165) is 36.8 Å². The molecule has 2 N–H and O–H groups in total. The Labute approximate surface area is 109 Å². The maximum absolute atomic E-state index is 6.21. The summed E-state index contributed by atoms with van der Waals surface area (Å²) in [5.41, 5.74) is 7.48. The number of hydrogen-bond acceptors (Lipinski definition) is 3. The molecule has 1 aromatic rings. The van der Waals surface area contributed by atoms with E-state index in [-0.39, 0.29) is 0 Å². The van der Waals surface area contributed by atoms with Gasteiger partial charge in [-0.1, -0.05) is 11.6 Å². The van der Waals surface area contributed by atoms with Gasteiger partial charge in [0.1, 0.15) is 0 Å². The van der Waals surface area contributed by atoms with E-state index in [2.05, 4.69) is 30.8 Å². The average Bonchev–Trinajstić information content (AvgIpc) is 2.25. The molecule has 0 aliphatic carbocycles. The van der Waals surface area contributed by atoms with Crippen LogP contribution in [0.15, 0.2) is 18.2 Å². The molecule has 1 rings (SSSR count). The molecule has 0 fully saturated rings. The van der Waals surface area contributed by atoms with Crippen molar-refractivity contribution in [2.75, 3.05) is 44.4 Å². The van der Waals surface area contributed by atoms with Gasteiger partial charge in [-0.25, -0.2) is 0 Å². The van der Waals surface area contributed by atoms with Gasteiger partial charge in [-0.3, -0.25) is 0 Å².